The highest BCUT2D eigenvalue weighted by molar-refractivity contribution is 5.70. The second-order valence-electron chi connectivity index (χ2n) is 5.46. The van der Waals surface area contributed by atoms with E-state index in [4.69, 9.17) is 11.0 Å². The van der Waals surface area contributed by atoms with E-state index in [9.17, 15) is 0 Å². The molecule has 0 atom stereocenters. The van der Waals surface area contributed by atoms with Crippen LogP contribution in [0.25, 0.3) is 0 Å². The quantitative estimate of drug-likeness (QED) is 0.849. The number of aryl methyl sites for hydroxylation is 1. The van der Waals surface area contributed by atoms with Crippen LogP contribution in [0.2, 0.25) is 0 Å². The molecule has 3 nitrogen and oxygen atoms in total. The zero-order chi connectivity index (χ0) is 14.7. The van der Waals surface area contributed by atoms with Crippen LogP contribution in [0.4, 0.5) is 17.1 Å². The number of para-hydroxylation sites is 1. The van der Waals surface area contributed by atoms with Crippen molar-refractivity contribution in [2.24, 2.45) is 0 Å². The highest BCUT2D eigenvalue weighted by atomic mass is 15.1. The van der Waals surface area contributed by atoms with Gasteiger partial charge in [0.1, 0.15) is 0 Å². The van der Waals surface area contributed by atoms with E-state index in [-0.39, 0.29) is 0 Å². The Morgan fingerprint density at radius 2 is 2.00 bits per heavy atom. The van der Waals surface area contributed by atoms with Gasteiger partial charge in [-0.3, -0.25) is 0 Å². The third kappa shape index (κ3) is 2.71. The van der Waals surface area contributed by atoms with Gasteiger partial charge in [-0.25, -0.2) is 0 Å². The van der Waals surface area contributed by atoms with Gasteiger partial charge < -0.3 is 10.6 Å². The van der Waals surface area contributed by atoms with Crippen molar-refractivity contribution in [3.05, 3.63) is 53.6 Å². The number of anilines is 3. The van der Waals surface area contributed by atoms with Crippen molar-refractivity contribution >= 4 is 17.1 Å². The zero-order valence-electron chi connectivity index (χ0n) is 12.0. The van der Waals surface area contributed by atoms with Crippen molar-refractivity contribution in [1.29, 1.82) is 5.26 Å². The van der Waals surface area contributed by atoms with Crippen molar-refractivity contribution in [3.8, 4) is 6.07 Å². The minimum atomic E-state index is 0.356. The van der Waals surface area contributed by atoms with Crippen LogP contribution < -0.4 is 10.6 Å². The molecular weight excluding hydrogens is 258 g/mol. The zero-order valence-corrected chi connectivity index (χ0v) is 12.0. The Hall–Kier alpha value is -2.47. The molecule has 1 aliphatic heterocycles. The summed E-state index contributed by atoms with van der Waals surface area (Å²) in [4.78, 5) is 2.35. The van der Waals surface area contributed by atoms with Crippen LogP contribution in [0.15, 0.2) is 42.5 Å². The molecule has 0 unspecified atom stereocenters. The van der Waals surface area contributed by atoms with Crippen LogP contribution in [0.5, 0.6) is 0 Å². The standard InChI is InChI=1S/C18H19N3/c19-11-10-15-13-16(8-9-17(15)20)21-12-4-3-6-14-5-1-2-7-18(14)21/h1-2,5,7-9,13H,3-4,6,10,12,20H2. The highest BCUT2D eigenvalue weighted by Gasteiger charge is 2.17. The molecule has 21 heavy (non-hydrogen) atoms. The lowest BCUT2D eigenvalue weighted by Gasteiger charge is -2.25. The smallest absolute Gasteiger partial charge is 0.0670 e. The Bertz CT molecular complexity index is 685. The monoisotopic (exact) mass is 277 g/mol. The molecule has 0 saturated heterocycles. The fourth-order valence-corrected chi connectivity index (χ4v) is 2.96. The summed E-state index contributed by atoms with van der Waals surface area (Å²) in [5.74, 6) is 0. The van der Waals surface area contributed by atoms with Crippen LogP contribution in [0.1, 0.15) is 24.0 Å². The van der Waals surface area contributed by atoms with Gasteiger partial charge in [-0.2, -0.15) is 5.26 Å². The maximum absolute atomic E-state index is 8.93. The summed E-state index contributed by atoms with van der Waals surface area (Å²) in [5.41, 5.74) is 11.4. The van der Waals surface area contributed by atoms with E-state index in [1.165, 1.54) is 24.1 Å². The number of hydrogen-bond donors (Lipinski definition) is 1. The summed E-state index contributed by atoms with van der Waals surface area (Å²) in [6, 6.07) is 16.8. The number of fused-ring (bicyclic) bond motifs is 1. The van der Waals surface area contributed by atoms with Crippen LogP contribution in [0, 0.1) is 11.3 Å². The molecule has 0 spiro atoms. The predicted molar refractivity (Wildman–Crippen MR) is 86.6 cm³/mol. The first-order chi connectivity index (χ1) is 10.3. The Labute approximate surface area is 125 Å². The van der Waals surface area contributed by atoms with Crippen molar-refractivity contribution < 1.29 is 0 Å². The molecule has 1 heterocycles. The summed E-state index contributed by atoms with van der Waals surface area (Å²) in [5, 5.41) is 8.93. The molecular formula is C18H19N3. The second kappa shape index (κ2) is 5.88. The third-order valence-corrected chi connectivity index (χ3v) is 4.07. The molecule has 0 aromatic heterocycles. The molecule has 3 heteroatoms. The van der Waals surface area contributed by atoms with E-state index in [0.717, 1.165) is 24.2 Å². The summed E-state index contributed by atoms with van der Waals surface area (Å²) < 4.78 is 0. The average Bonchev–Trinajstić information content (AvgIpc) is 2.72. The number of nitrogens with two attached hydrogens (primary N) is 1. The molecule has 2 aromatic carbocycles. The van der Waals surface area contributed by atoms with Gasteiger partial charge in [-0.15, -0.1) is 0 Å². The second-order valence-corrected chi connectivity index (χ2v) is 5.46. The van der Waals surface area contributed by atoms with E-state index >= 15 is 0 Å². The first-order valence-corrected chi connectivity index (χ1v) is 7.40. The van der Waals surface area contributed by atoms with Gasteiger partial charge in [0.05, 0.1) is 12.5 Å². The van der Waals surface area contributed by atoms with E-state index in [2.05, 4.69) is 47.4 Å². The summed E-state index contributed by atoms with van der Waals surface area (Å²) in [7, 11) is 0. The van der Waals surface area contributed by atoms with Gasteiger partial charge in [0, 0.05) is 23.6 Å². The molecule has 0 aliphatic carbocycles. The largest absolute Gasteiger partial charge is 0.398 e. The lowest BCUT2D eigenvalue weighted by Crippen LogP contribution is -2.18. The van der Waals surface area contributed by atoms with Gasteiger partial charge in [-0.1, -0.05) is 18.2 Å². The normalized spacial score (nSPS) is 14.1. The lowest BCUT2D eigenvalue weighted by atomic mass is 10.1. The van der Waals surface area contributed by atoms with Gasteiger partial charge >= 0.3 is 0 Å². The number of nitrogens with zero attached hydrogens (tertiary/aromatic N) is 2. The predicted octanol–water partition coefficient (Wildman–Crippen LogP) is 3.81. The molecule has 106 valence electrons. The minimum Gasteiger partial charge on any atom is -0.398 e. The number of hydrogen-bond acceptors (Lipinski definition) is 3. The summed E-state index contributed by atoms with van der Waals surface area (Å²) >= 11 is 0. The lowest BCUT2D eigenvalue weighted by molar-refractivity contribution is 0.761. The Morgan fingerprint density at radius 3 is 2.86 bits per heavy atom. The molecule has 2 aromatic rings. The van der Waals surface area contributed by atoms with Crippen molar-refractivity contribution in [1.82, 2.24) is 0 Å². The van der Waals surface area contributed by atoms with Crippen LogP contribution in [-0.2, 0) is 12.8 Å². The minimum absolute atomic E-state index is 0.356. The van der Waals surface area contributed by atoms with E-state index < -0.39 is 0 Å². The maximum Gasteiger partial charge on any atom is 0.0670 e. The molecule has 0 radical (unpaired) electrons. The molecule has 0 saturated carbocycles. The fourth-order valence-electron chi connectivity index (χ4n) is 2.96. The third-order valence-electron chi connectivity index (χ3n) is 4.07. The number of nitriles is 1. The Kier molecular flexibility index (Phi) is 3.79. The van der Waals surface area contributed by atoms with Gasteiger partial charge in [0.2, 0.25) is 0 Å². The number of nitrogen functional groups attached to an aromatic ring is 1. The molecule has 0 bridgehead atoms. The van der Waals surface area contributed by atoms with Crippen LogP contribution >= 0.6 is 0 Å². The Balaban J connectivity index is 2.04. The average molecular weight is 277 g/mol. The number of rotatable bonds is 2. The fraction of sp³-hybridized carbons (Fsp3) is 0.278. The maximum atomic E-state index is 8.93. The molecule has 0 fully saturated rings. The molecule has 2 N–H and O–H groups in total. The highest BCUT2D eigenvalue weighted by Crippen LogP contribution is 2.33. The van der Waals surface area contributed by atoms with E-state index in [1.807, 2.05) is 6.07 Å². The van der Waals surface area contributed by atoms with Gasteiger partial charge in [0.25, 0.3) is 0 Å². The summed E-state index contributed by atoms with van der Waals surface area (Å²) in [6.07, 6.45) is 3.88. The number of benzene rings is 2. The van der Waals surface area contributed by atoms with Crippen molar-refractivity contribution in [3.63, 3.8) is 0 Å². The van der Waals surface area contributed by atoms with Gasteiger partial charge in [0.15, 0.2) is 0 Å². The topological polar surface area (TPSA) is 53.0 Å². The first kappa shape index (κ1) is 13.5. The van der Waals surface area contributed by atoms with Crippen molar-refractivity contribution in [2.45, 2.75) is 25.7 Å². The molecule has 0 amide bonds. The van der Waals surface area contributed by atoms with Gasteiger partial charge in [-0.05, 0) is 54.7 Å². The van der Waals surface area contributed by atoms with Crippen LogP contribution in [0.3, 0.4) is 0 Å². The van der Waals surface area contributed by atoms with E-state index in [1.54, 1.807) is 0 Å². The van der Waals surface area contributed by atoms with Crippen molar-refractivity contribution in [2.75, 3.05) is 17.2 Å². The first-order valence-electron chi connectivity index (χ1n) is 7.40. The van der Waals surface area contributed by atoms with E-state index in [0.29, 0.717) is 12.1 Å². The Morgan fingerprint density at radius 1 is 1.14 bits per heavy atom. The SMILES string of the molecule is N#CCc1cc(N2CCCCc3ccccc32)ccc1N. The van der Waals surface area contributed by atoms with Crippen LogP contribution in [-0.4, -0.2) is 6.54 Å². The summed E-state index contributed by atoms with van der Waals surface area (Å²) in [6.45, 7) is 1.01. The molecule has 1 aliphatic rings. The molecule has 3 rings (SSSR count).